The molecule has 0 aromatic heterocycles. The Bertz CT molecular complexity index is 1700. The van der Waals surface area contributed by atoms with Crippen molar-refractivity contribution in [2.75, 3.05) is 13.2 Å². The molecule has 6 heteroatoms. The zero-order chi connectivity index (χ0) is 57.8. The predicted molar refractivity (Wildman–Crippen MR) is 348 cm³/mol. The van der Waals surface area contributed by atoms with E-state index in [-0.39, 0.29) is 31.1 Å². The molecule has 0 saturated carbocycles. The van der Waals surface area contributed by atoms with Crippen LogP contribution in [0.5, 0.6) is 0 Å². The summed E-state index contributed by atoms with van der Waals surface area (Å²) in [6.07, 6.45) is 94.5. The molecule has 0 N–H and O–H groups in total. The van der Waals surface area contributed by atoms with Gasteiger partial charge in [-0.1, -0.05) is 276 Å². The summed E-state index contributed by atoms with van der Waals surface area (Å²) < 4.78 is 16.9. The fourth-order valence-electron chi connectivity index (χ4n) is 8.96. The lowest BCUT2D eigenvalue weighted by Gasteiger charge is -2.18. The second-order valence-electron chi connectivity index (χ2n) is 21.6. The number of esters is 3. The van der Waals surface area contributed by atoms with Crippen LogP contribution in [0.25, 0.3) is 0 Å². The molecule has 1 unspecified atom stereocenters. The summed E-state index contributed by atoms with van der Waals surface area (Å²) in [5, 5.41) is 0. The van der Waals surface area contributed by atoms with Crippen molar-refractivity contribution in [3.8, 4) is 0 Å². The summed E-state index contributed by atoms with van der Waals surface area (Å²) in [6.45, 7) is 6.40. The van der Waals surface area contributed by atoms with E-state index < -0.39 is 6.10 Å². The minimum Gasteiger partial charge on any atom is -0.462 e. The van der Waals surface area contributed by atoms with Gasteiger partial charge in [-0.05, 0) is 135 Å². The maximum absolute atomic E-state index is 12.9. The van der Waals surface area contributed by atoms with E-state index in [0.717, 1.165) is 148 Å². The van der Waals surface area contributed by atoms with Gasteiger partial charge in [0.05, 0.1) is 0 Å². The molecule has 0 radical (unpaired) electrons. The van der Waals surface area contributed by atoms with Gasteiger partial charge in [0.2, 0.25) is 0 Å². The summed E-state index contributed by atoms with van der Waals surface area (Å²) in [4.78, 5) is 38.4. The van der Waals surface area contributed by atoms with Crippen LogP contribution in [-0.2, 0) is 28.6 Å². The van der Waals surface area contributed by atoms with Crippen molar-refractivity contribution in [1.82, 2.24) is 0 Å². The fourth-order valence-corrected chi connectivity index (χ4v) is 8.96. The molecule has 0 amide bonds. The smallest absolute Gasteiger partial charge is 0.306 e. The van der Waals surface area contributed by atoms with E-state index in [0.29, 0.717) is 19.3 Å². The molecule has 0 aromatic carbocycles. The molecule has 6 nitrogen and oxygen atoms in total. The summed E-state index contributed by atoms with van der Waals surface area (Å²) >= 11 is 0. The first-order valence-electron chi connectivity index (χ1n) is 33.2. The Kier molecular flexibility index (Phi) is 63.3. The first-order valence-corrected chi connectivity index (χ1v) is 33.2. The Hall–Kier alpha value is -4.45. The quantitative estimate of drug-likeness (QED) is 0.0261. The predicted octanol–water partition coefficient (Wildman–Crippen LogP) is 22.9. The van der Waals surface area contributed by atoms with Crippen molar-refractivity contribution < 1.29 is 28.6 Å². The van der Waals surface area contributed by atoms with Crippen LogP contribution in [0.1, 0.15) is 297 Å². The Labute approximate surface area is 494 Å². The van der Waals surface area contributed by atoms with Crippen LogP contribution in [0.2, 0.25) is 0 Å². The molecule has 454 valence electrons. The van der Waals surface area contributed by atoms with E-state index >= 15 is 0 Å². The van der Waals surface area contributed by atoms with Crippen molar-refractivity contribution >= 4 is 17.9 Å². The highest BCUT2D eigenvalue weighted by Gasteiger charge is 2.19. The number of rotatable bonds is 59. The molecule has 1 atom stereocenters. The molecule has 0 aromatic rings. The highest BCUT2D eigenvalue weighted by molar-refractivity contribution is 5.71. The topological polar surface area (TPSA) is 78.9 Å². The van der Waals surface area contributed by atoms with Crippen molar-refractivity contribution in [3.63, 3.8) is 0 Å². The minimum absolute atomic E-state index is 0.0934. The maximum Gasteiger partial charge on any atom is 0.306 e. The first-order chi connectivity index (χ1) is 39.5. The third-order valence-electron chi connectivity index (χ3n) is 13.9. The van der Waals surface area contributed by atoms with Crippen LogP contribution in [0, 0.1) is 0 Å². The van der Waals surface area contributed by atoms with Gasteiger partial charge >= 0.3 is 17.9 Å². The maximum atomic E-state index is 12.9. The van der Waals surface area contributed by atoms with Gasteiger partial charge in [-0.15, -0.1) is 0 Å². The van der Waals surface area contributed by atoms with Crippen molar-refractivity contribution in [2.24, 2.45) is 0 Å². The highest BCUT2D eigenvalue weighted by atomic mass is 16.6. The van der Waals surface area contributed by atoms with Crippen LogP contribution in [-0.4, -0.2) is 37.2 Å². The fraction of sp³-hybridized carbons (Fsp3) is 0.662. The lowest BCUT2D eigenvalue weighted by atomic mass is 10.1. The molecular formula is C74H122O6. The number of hydrogen-bond donors (Lipinski definition) is 0. The van der Waals surface area contributed by atoms with E-state index in [4.69, 9.17) is 14.2 Å². The van der Waals surface area contributed by atoms with Gasteiger partial charge in [0.15, 0.2) is 6.10 Å². The SMILES string of the molecule is CC/C=C\C/C=C\C/C=C\C/C=C\C/C=C\C/C=C\CCCCCCCCC(=O)OCC(COC(=O)CCCCCCC/C=C\CCCCCCCCC)OC(=O)CCCCCCCCCC/C=C\C/C=C\C/C=C\C/C=C\CC. The molecule has 0 aliphatic rings. The number of carbonyl (C=O) groups is 3. The van der Waals surface area contributed by atoms with Crippen molar-refractivity contribution in [3.05, 3.63) is 134 Å². The lowest BCUT2D eigenvalue weighted by Crippen LogP contribution is -2.30. The number of hydrogen-bond acceptors (Lipinski definition) is 6. The second kappa shape index (κ2) is 67.1. The normalized spacial score (nSPS) is 13.0. The minimum atomic E-state index is -0.799. The molecule has 0 saturated heterocycles. The molecule has 0 heterocycles. The second-order valence-corrected chi connectivity index (χ2v) is 21.6. The van der Waals surface area contributed by atoms with Gasteiger partial charge in [-0.3, -0.25) is 14.4 Å². The Morgan fingerprint density at radius 3 is 0.775 bits per heavy atom. The molecule has 0 fully saturated rings. The van der Waals surface area contributed by atoms with E-state index in [9.17, 15) is 14.4 Å². The largest absolute Gasteiger partial charge is 0.462 e. The van der Waals surface area contributed by atoms with E-state index in [2.05, 4.69) is 154 Å². The average molecular weight is 1110 g/mol. The molecular weight excluding hydrogens is 985 g/mol. The molecule has 0 rings (SSSR count). The summed E-state index contributed by atoms with van der Waals surface area (Å²) in [5.41, 5.74) is 0. The molecule has 0 aliphatic heterocycles. The standard InChI is InChI=1S/C74H122O6/c1-4-7-10-13-16-19-22-25-28-31-33-35-36-37-38-40-41-43-46-49-52-55-58-61-64-67-73(76)79-70-71(69-78-72(75)66-63-60-57-54-51-48-45-30-27-24-21-18-15-12-9-6-3)80-74(77)68-65-62-59-56-53-50-47-44-42-39-34-32-29-26-23-20-17-14-11-8-5-2/h7-8,10-11,16-17,19-20,25-26,28-30,33-35,37-39,41,43,45,71H,4-6,9,12-15,18,21-24,27,31-32,36,40,42,44,46-70H2,1-3H3/b10-7-,11-8-,19-16-,20-17-,28-25-,29-26-,35-33-,38-37-,39-34-,43-41-,45-30-. The van der Waals surface area contributed by atoms with Crippen molar-refractivity contribution in [2.45, 2.75) is 303 Å². The summed E-state index contributed by atoms with van der Waals surface area (Å²) in [5.74, 6) is -0.919. The highest BCUT2D eigenvalue weighted by Crippen LogP contribution is 2.15. The van der Waals surface area contributed by atoms with E-state index in [1.54, 1.807) is 0 Å². The number of carbonyl (C=O) groups excluding carboxylic acids is 3. The molecule has 0 aliphatic carbocycles. The number of ether oxygens (including phenoxy) is 3. The van der Waals surface area contributed by atoms with E-state index in [1.807, 2.05) is 0 Å². The van der Waals surface area contributed by atoms with Crippen molar-refractivity contribution in [1.29, 1.82) is 0 Å². The third-order valence-corrected chi connectivity index (χ3v) is 13.9. The third kappa shape index (κ3) is 64.4. The Morgan fingerprint density at radius 2 is 0.487 bits per heavy atom. The number of allylic oxidation sites excluding steroid dienone is 22. The molecule has 0 spiro atoms. The van der Waals surface area contributed by atoms with Crippen LogP contribution in [0.3, 0.4) is 0 Å². The van der Waals surface area contributed by atoms with Crippen LogP contribution in [0.15, 0.2) is 134 Å². The molecule has 80 heavy (non-hydrogen) atoms. The Morgan fingerprint density at radius 1 is 0.263 bits per heavy atom. The zero-order valence-corrected chi connectivity index (χ0v) is 52.0. The first kappa shape index (κ1) is 75.5. The average Bonchev–Trinajstić information content (AvgIpc) is 3.46. The van der Waals surface area contributed by atoms with Gasteiger partial charge < -0.3 is 14.2 Å². The monoisotopic (exact) mass is 1110 g/mol. The number of unbranched alkanes of at least 4 members (excludes halogenated alkanes) is 26. The van der Waals surface area contributed by atoms with Gasteiger partial charge in [0.1, 0.15) is 13.2 Å². The lowest BCUT2D eigenvalue weighted by molar-refractivity contribution is -0.167. The van der Waals surface area contributed by atoms with Gasteiger partial charge in [0, 0.05) is 19.3 Å². The van der Waals surface area contributed by atoms with Crippen LogP contribution >= 0.6 is 0 Å². The van der Waals surface area contributed by atoms with Crippen LogP contribution in [0.4, 0.5) is 0 Å². The Balaban J connectivity index is 4.44. The van der Waals surface area contributed by atoms with Crippen LogP contribution < -0.4 is 0 Å². The van der Waals surface area contributed by atoms with Gasteiger partial charge in [-0.25, -0.2) is 0 Å². The van der Waals surface area contributed by atoms with Gasteiger partial charge in [0.25, 0.3) is 0 Å². The summed E-state index contributed by atoms with van der Waals surface area (Å²) in [7, 11) is 0. The molecule has 0 bridgehead atoms. The zero-order valence-electron chi connectivity index (χ0n) is 52.0. The van der Waals surface area contributed by atoms with Gasteiger partial charge in [-0.2, -0.15) is 0 Å². The van der Waals surface area contributed by atoms with E-state index in [1.165, 1.54) is 109 Å². The summed E-state index contributed by atoms with van der Waals surface area (Å²) in [6, 6.07) is 0.